The molecule has 7 nitrogen and oxygen atoms in total. The second-order valence-electron chi connectivity index (χ2n) is 4.76. The average molecular weight is 326 g/mol. The van der Waals surface area contributed by atoms with Crippen molar-refractivity contribution in [3.8, 4) is 11.8 Å². The second kappa shape index (κ2) is 7.74. The SMILES string of the molecule is CCOc1ccc(C(=O)OCc2ccc(C#N)cc2)cc1[N+](=O)[O-]. The number of nitriles is 1. The highest BCUT2D eigenvalue weighted by atomic mass is 16.6. The molecule has 122 valence electrons. The molecule has 24 heavy (non-hydrogen) atoms. The zero-order chi connectivity index (χ0) is 17.5. The Morgan fingerprint density at radius 1 is 1.25 bits per heavy atom. The van der Waals surface area contributed by atoms with Gasteiger partial charge in [-0.1, -0.05) is 12.1 Å². The van der Waals surface area contributed by atoms with Crippen LogP contribution in [0.25, 0.3) is 0 Å². The molecule has 0 amide bonds. The molecule has 0 heterocycles. The first-order chi connectivity index (χ1) is 11.5. The molecule has 7 heteroatoms. The summed E-state index contributed by atoms with van der Waals surface area (Å²) < 4.78 is 10.3. The van der Waals surface area contributed by atoms with E-state index in [4.69, 9.17) is 14.7 Å². The fourth-order valence-corrected chi connectivity index (χ4v) is 1.97. The van der Waals surface area contributed by atoms with E-state index >= 15 is 0 Å². The van der Waals surface area contributed by atoms with Crippen LogP contribution in [0.2, 0.25) is 0 Å². The number of carbonyl (C=O) groups is 1. The number of hydrogen-bond acceptors (Lipinski definition) is 6. The number of carbonyl (C=O) groups excluding carboxylic acids is 1. The third-order valence-electron chi connectivity index (χ3n) is 3.14. The number of hydrogen-bond donors (Lipinski definition) is 0. The van der Waals surface area contributed by atoms with Gasteiger partial charge in [-0.2, -0.15) is 5.26 Å². The zero-order valence-electron chi connectivity index (χ0n) is 12.9. The summed E-state index contributed by atoms with van der Waals surface area (Å²) in [6, 6.07) is 12.5. The molecule has 0 bridgehead atoms. The number of esters is 1. The highest BCUT2D eigenvalue weighted by Crippen LogP contribution is 2.28. The zero-order valence-corrected chi connectivity index (χ0v) is 12.9. The highest BCUT2D eigenvalue weighted by molar-refractivity contribution is 5.90. The molecule has 0 spiro atoms. The monoisotopic (exact) mass is 326 g/mol. The summed E-state index contributed by atoms with van der Waals surface area (Å²) in [7, 11) is 0. The number of nitro groups is 1. The van der Waals surface area contributed by atoms with Gasteiger partial charge >= 0.3 is 11.7 Å². The molecule has 0 aliphatic carbocycles. The molecule has 0 saturated carbocycles. The van der Waals surface area contributed by atoms with E-state index in [1.807, 2.05) is 6.07 Å². The van der Waals surface area contributed by atoms with Gasteiger partial charge in [0.1, 0.15) is 6.61 Å². The van der Waals surface area contributed by atoms with Crippen LogP contribution in [0.3, 0.4) is 0 Å². The summed E-state index contributed by atoms with van der Waals surface area (Å²) in [5.41, 5.74) is 0.999. The maximum Gasteiger partial charge on any atom is 0.338 e. The quantitative estimate of drug-likeness (QED) is 0.459. The Balaban J connectivity index is 2.10. The van der Waals surface area contributed by atoms with E-state index in [0.29, 0.717) is 11.1 Å². The van der Waals surface area contributed by atoms with Crippen molar-refractivity contribution in [1.29, 1.82) is 5.26 Å². The normalized spacial score (nSPS) is 9.83. The van der Waals surface area contributed by atoms with Crippen LogP contribution in [0.15, 0.2) is 42.5 Å². The van der Waals surface area contributed by atoms with Crippen molar-refractivity contribution in [3.63, 3.8) is 0 Å². The first kappa shape index (κ1) is 17.0. The Morgan fingerprint density at radius 3 is 2.54 bits per heavy atom. The van der Waals surface area contributed by atoms with Gasteiger partial charge in [0.2, 0.25) is 0 Å². The van der Waals surface area contributed by atoms with Gasteiger partial charge in [-0.25, -0.2) is 4.79 Å². The van der Waals surface area contributed by atoms with E-state index in [9.17, 15) is 14.9 Å². The molecule has 0 aromatic heterocycles. The Labute approximate surface area is 138 Å². The van der Waals surface area contributed by atoms with E-state index < -0.39 is 10.9 Å². The average Bonchev–Trinajstić information content (AvgIpc) is 2.60. The molecular formula is C17H14N2O5. The topological polar surface area (TPSA) is 102 Å². The van der Waals surface area contributed by atoms with Crippen LogP contribution in [0.4, 0.5) is 5.69 Å². The predicted molar refractivity (Wildman–Crippen MR) is 84.5 cm³/mol. The second-order valence-corrected chi connectivity index (χ2v) is 4.76. The lowest BCUT2D eigenvalue weighted by molar-refractivity contribution is -0.385. The smallest absolute Gasteiger partial charge is 0.338 e. The van der Waals surface area contributed by atoms with Crippen LogP contribution < -0.4 is 4.74 Å². The summed E-state index contributed by atoms with van der Waals surface area (Å²) in [6.45, 7) is 2.00. The molecule has 0 radical (unpaired) electrons. The molecule has 0 fully saturated rings. The van der Waals surface area contributed by atoms with Gasteiger partial charge in [0.25, 0.3) is 0 Å². The van der Waals surface area contributed by atoms with E-state index in [1.54, 1.807) is 31.2 Å². The van der Waals surface area contributed by atoms with Crippen LogP contribution >= 0.6 is 0 Å². The van der Waals surface area contributed by atoms with E-state index in [-0.39, 0.29) is 30.2 Å². The molecule has 2 rings (SSSR count). The summed E-state index contributed by atoms with van der Waals surface area (Å²) in [5.74, 6) is -0.573. The maximum absolute atomic E-state index is 12.0. The van der Waals surface area contributed by atoms with Gasteiger partial charge < -0.3 is 9.47 Å². The molecule has 0 atom stereocenters. The van der Waals surface area contributed by atoms with Gasteiger partial charge in [0.05, 0.1) is 28.7 Å². The summed E-state index contributed by atoms with van der Waals surface area (Å²) in [4.78, 5) is 22.5. The van der Waals surface area contributed by atoms with Crippen molar-refractivity contribution in [3.05, 3.63) is 69.3 Å². The molecule has 0 aliphatic heterocycles. The number of rotatable bonds is 6. The number of nitro benzene ring substituents is 1. The fourth-order valence-electron chi connectivity index (χ4n) is 1.97. The number of benzene rings is 2. The molecule has 0 N–H and O–H groups in total. The van der Waals surface area contributed by atoms with Crippen molar-refractivity contribution in [1.82, 2.24) is 0 Å². The van der Waals surface area contributed by atoms with Gasteiger partial charge in [-0.3, -0.25) is 10.1 Å². The van der Waals surface area contributed by atoms with Gasteiger partial charge in [-0.05, 0) is 36.8 Å². The maximum atomic E-state index is 12.0. The van der Waals surface area contributed by atoms with Crippen LogP contribution in [0.1, 0.15) is 28.4 Å². The lowest BCUT2D eigenvalue weighted by atomic mass is 10.1. The van der Waals surface area contributed by atoms with E-state index in [2.05, 4.69) is 0 Å². The third kappa shape index (κ3) is 4.08. The lowest BCUT2D eigenvalue weighted by Crippen LogP contribution is -2.07. The summed E-state index contributed by atoms with van der Waals surface area (Å²) >= 11 is 0. The summed E-state index contributed by atoms with van der Waals surface area (Å²) in [6.07, 6.45) is 0. The van der Waals surface area contributed by atoms with Gasteiger partial charge in [0, 0.05) is 6.07 Å². The van der Waals surface area contributed by atoms with Crippen LogP contribution in [-0.2, 0) is 11.3 Å². The number of nitrogens with zero attached hydrogens (tertiary/aromatic N) is 2. The van der Waals surface area contributed by atoms with Crippen molar-refractivity contribution in [2.75, 3.05) is 6.61 Å². The van der Waals surface area contributed by atoms with Gasteiger partial charge in [-0.15, -0.1) is 0 Å². The molecule has 2 aromatic carbocycles. The Bertz CT molecular complexity index is 794. The third-order valence-corrected chi connectivity index (χ3v) is 3.14. The van der Waals surface area contributed by atoms with Crippen molar-refractivity contribution < 1.29 is 19.2 Å². The minimum absolute atomic E-state index is 0.00551. The molecule has 0 aliphatic rings. The molecule has 0 saturated heterocycles. The van der Waals surface area contributed by atoms with Crippen LogP contribution in [-0.4, -0.2) is 17.5 Å². The molecular weight excluding hydrogens is 312 g/mol. The Hall–Kier alpha value is -3.40. The minimum Gasteiger partial charge on any atom is -0.487 e. The van der Waals surface area contributed by atoms with E-state index in [1.165, 1.54) is 12.1 Å². The largest absolute Gasteiger partial charge is 0.487 e. The first-order valence-electron chi connectivity index (χ1n) is 7.12. The van der Waals surface area contributed by atoms with Crippen LogP contribution in [0.5, 0.6) is 5.75 Å². The summed E-state index contributed by atoms with van der Waals surface area (Å²) in [5, 5.41) is 19.8. The molecule has 2 aromatic rings. The van der Waals surface area contributed by atoms with Crippen molar-refractivity contribution in [2.24, 2.45) is 0 Å². The highest BCUT2D eigenvalue weighted by Gasteiger charge is 2.19. The predicted octanol–water partition coefficient (Wildman–Crippen LogP) is 3.22. The van der Waals surface area contributed by atoms with Crippen LogP contribution in [0, 0.1) is 21.4 Å². The first-order valence-corrected chi connectivity index (χ1v) is 7.12. The van der Waals surface area contributed by atoms with Crippen molar-refractivity contribution in [2.45, 2.75) is 13.5 Å². The Morgan fingerprint density at radius 2 is 1.96 bits per heavy atom. The van der Waals surface area contributed by atoms with Crippen molar-refractivity contribution >= 4 is 11.7 Å². The van der Waals surface area contributed by atoms with Gasteiger partial charge in [0.15, 0.2) is 5.75 Å². The lowest BCUT2D eigenvalue weighted by Gasteiger charge is -2.07. The Kier molecular flexibility index (Phi) is 5.47. The number of ether oxygens (including phenoxy) is 2. The molecule has 0 unspecified atom stereocenters. The fraction of sp³-hybridized carbons (Fsp3) is 0.176. The standard InChI is InChI=1S/C17H14N2O5/c1-2-23-16-8-7-14(9-15(16)19(21)22)17(20)24-11-13-5-3-12(10-18)4-6-13/h3-9H,2,11H2,1H3. The van der Waals surface area contributed by atoms with E-state index in [0.717, 1.165) is 6.07 Å². The minimum atomic E-state index is -0.675.